The second-order valence-corrected chi connectivity index (χ2v) is 7.17. The van der Waals surface area contributed by atoms with E-state index in [1.807, 2.05) is 30.3 Å². The third kappa shape index (κ3) is 3.08. The second-order valence-electron chi connectivity index (χ2n) is 5.51. The number of nitrogens with one attached hydrogen (secondary N) is 1. The maximum absolute atomic E-state index is 12.3. The smallest absolute Gasteiger partial charge is 0.352 e. The Morgan fingerprint density at radius 1 is 1.33 bits per heavy atom. The topological polar surface area (TPSA) is 86.7 Å². The number of nitrogens with zero attached hydrogens (tertiary/aromatic N) is 1. The van der Waals surface area contributed by atoms with E-state index >= 15 is 0 Å². The maximum Gasteiger partial charge on any atom is 0.352 e. The first-order valence-electron chi connectivity index (χ1n) is 7.32. The molecule has 0 aliphatic carbocycles. The number of rotatable bonds is 5. The molecule has 24 heavy (non-hydrogen) atoms. The van der Waals surface area contributed by atoms with E-state index in [-0.39, 0.29) is 29.3 Å². The minimum Gasteiger partial charge on any atom is -0.477 e. The maximum atomic E-state index is 12.3. The van der Waals surface area contributed by atoms with Crippen LogP contribution in [0.3, 0.4) is 0 Å². The molecule has 1 fully saturated rings. The summed E-state index contributed by atoms with van der Waals surface area (Å²) in [5.41, 5.74) is 1.57. The van der Waals surface area contributed by atoms with E-state index in [0.29, 0.717) is 16.7 Å². The number of halogens is 1. The van der Waals surface area contributed by atoms with Gasteiger partial charge in [-0.1, -0.05) is 46.3 Å². The molecule has 2 atom stereocenters. The Bertz CT molecular complexity index is 722. The Morgan fingerprint density at radius 2 is 2.04 bits per heavy atom. The van der Waals surface area contributed by atoms with E-state index in [2.05, 4.69) is 21.2 Å². The Kier molecular flexibility index (Phi) is 4.96. The first-order valence-corrected chi connectivity index (χ1v) is 9.49. The highest BCUT2D eigenvalue weighted by molar-refractivity contribution is 9.09. The molecule has 0 unspecified atom stereocenters. The predicted molar refractivity (Wildman–Crippen MR) is 93.6 cm³/mol. The number of thioether (sulfide) groups is 1. The van der Waals surface area contributed by atoms with Crippen molar-refractivity contribution in [2.75, 3.05) is 11.1 Å². The van der Waals surface area contributed by atoms with Gasteiger partial charge in [-0.3, -0.25) is 14.5 Å². The lowest BCUT2D eigenvalue weighted by Crippen LogP contribution is -2.70. The van der Waals surface area contributed by atoms with Gasteiger partial charge in [0.25, 0.3) is 5.91 Å². The Morgan fingerprint density at radius 3 is 2.67 bits per heavy atom. The number of benzene rings is 1. The van der Waals surface area contributed by atoms with Crippen molar-refractivity contribution >= 4 is 45.5 Å². The molecular weight excluding hydrogens is 396 g/mol. The number of hydrogen-bond acceptors (Lipinski definition) is 4. The molecular formula is C16H15BrN2O4S. The highest BCUT2D eigenvalue weighted by Crippen LogP contribution is 2.40. The first kappa shape index (κ1) is 17.0. The zero-order chi connectivity index (χ0) is 17.3. The van der Waals surface area contributed by atoms with Crippen molar-refractivity contribution in [2.45, 2.75) is 17.8 Å². The number of carboxylic acids is 1. The van der Waals surface area contributed by atoms with Gasteiger partial charge in [0.05, 0.1) is 6.42 Å². The largest absolute Gasteiger partial charge is 0.477 e. The summed E-state index contributed by atoms with van der Waals surface area (Å²) >= 11 is 4.73. The van der Waals surface area contributed by atoms with Crippen LogP contribution in [-0.4, -0.2) is 50.3 Å². The molecule has 3 rings (SSSR count). The summed E-state index contributed by atoms with van der Waals surface area (Å²) in [6, 6.07) is 8.59. The molecule has 0 spiro atoms. The molecule has 6 nitrogen and oxygen atoms in total. The molecule has 2 N–H and O–H groups in total. The van der Waals surface area contributed by atoms with Crippen LogP contribution in [0.5, 0.6) is 0 Å². The first-order chi connectivity index (χ1) is 11.5. The number of carbonyl (C=O) groups is 3. The van der Waals surface area contributed by atoms with Crippen LogP contribution in [0.15, 0.2) is 41.6 Å². The van der Waals surface area contributed by atoms with Crippen molar-refractivity contribution in [1.82, 2.24) is 10.2 Å². The molecule has 1 saturated heterocycles. The van der Waals surface area contributed by atoms with Gasteiger partial charge in [0.2, 0.25) is 5.91 Å². The summed E-state index contributed by atoms with van der Waals surface area (Å²) in [6.07, 6.45) is 0.191. The number of alkyl halides is 1. The fourth-order valence-corrected chi connectivity index (χ4v) is 4.86. The molecule has 2 heterocycles. The Labute approximate surface area is 151 Å². The Hall–Kier alpha value is -1.80. The fraction of sp³-hybridized carbons (Fsp3) is 0.312. The zero-order valence-corrected chi connectivity index (χ0v) is 15.0. The molecule has 0 saturated carbocycles. The third-order valence-electron chi connectivity index (χ3n) is 3.94. The third-order valence-corrected chi connectivity index (χ3v) is 5.95. The highest BCUT2D eigenvalue weighted by Gasteiger charge is 2.53. The van der Waals surface area contributed by atoms with Gasteiger partial charge in [0.1, 0.15) is 17.1 Å². The van der Waals surface area contributed by atoms with Crippen LogP contribution in [0.2, 0.25) is 0 Å². The van der Waals surface area contributed by atoms with E-state index in [0.717, 1.165) is 5.56 Å². The number of carbonyl (C=O) groups excluding carboxylic acids is 2. The second kappa shape index (κ2) is 6.98. The van der Waals surface area contributed by atoms with Crippen molar-refractivity contribution in [3.05, 3.63) is 47.2 Å². The van der Waals surface area contributed by atoms with Crippen LogP contribution in [0.25, 0.3) is 0 Å². The minimum atomic E-state index is -1.11. The van der Waals surface area contributed by atoms with Crippen molar-refractivity contribution in [1.29, 1.82) is 0 Å². The van der Waals surface area contributed by atoms with Gasteiger partial charge in [-0.15, -0.1) is 11.8 Å². The quantitative estimate of drug-likeness (QED) is 0.565. The zero-order valence-electron chi connectivity index (χ0n) is 12.6. The van der Waals surface area contributed by atoms with Gasteiger partial charge in [-0.05, 0) is 11.1 Å². The van der Waals surface area contributed by atoms with Crippen LogP contribution in [0.4, 0.5) is 0 Å². The lowest BCUT2D eigenvalue weighted by molar-refractivity contribution is -0.150. The molecule has 2 aliphatic heterocycles. The molecule has 0 bridgehead atoms. The Balaban J connectivity index is 1.69. The van der Waals surface area contributed by atoms with Gasteiger partial charge < -0.3 is 10.4 Å². The summed E-state index contributed by atoms with van der Waals surface area (Å²) in [5, 5.41) is 12.2. The monoisotopic (exact) mass is 410 g/mol. The van der Waals surface area contributed by atoms with Crippen LogP contribution in [0.1, 0.15) is 5.56 Å². The normalized spacial score (nSPS) is 22.7. The minimum absolute atomic E-state index is 0.0363. The summed E-state index contributed by atoms with van der Waals surface area (Å²) < 4.78 is 0. The van der Waals surface area contributed by atoms with Crippen LogP contribution in [0, 0.1) is 0 Å². The molecule has 0 radical (unpaired) electrons. The molecule has 8 heteroatoms. The van der Waals surface area contributed by atoms with Crippen LogP contribution in [-0.2, 0) is 20.8 Å². The summed E-state index contributed by atoms with van der Waals surface area (Å²) in [7, 11) is 0. The summed E-state index contributed by atoms with van der Waals surface area (Å²) in [5.74, 6) is -1.21. The molecule has 1 aromatic carbocycles. The predicted octanol–water partition coefficient (Wildman–Crippen LogP) is 1.36. The molecule has 126 valence electrons. The van der Waals surface area contributed by atoms with Gasteiger partial charge in [-0.25, -0.2) is 4.79 Å². The molecule has 2 amide bonds. The van der Waals surface area contributed by atoms with E-state index < -0.39 is 12.0 Å². The van der Waals surface area contributed by atoms with E-state index in [1.54, 1.807) is 0 Å². The lowest BCUT2D eigenvalue weighted by atomic mass is 10.0. The van der Waals surface area contributed by atoms with Gasteiger partial charge in [0.15, 0.2) is 0 Å². The van der Waals surface area contributed by atoms with Crippen LogP contribution < -0.4 is 5.32 Å². The van der Waals surface area contributed by atoms with Crippen molar-refractivity contribution in [2.24, 2.45) is 0 Å². The summed E-state index contributed by atoms with van der Waals surface area (Å²) in [6.45, 7) is 0. The van der Waals surface area contributed by atoms with Crippen molar-refractivity contribution < 1.29 is 19.5 Å². The standard InChI is InChI=1S/C16H15BrN2O4S/c17-7-10-8-24-15-12(14(21)19(15)13(10)16(22)23)18-11(20)6-9-4-2-1-3-5-9/h1-5,12,15H,6-8H2,(H,18,20)(H,22,23)/t12-,15-/m0/s1. The molecule has 0 aromatic heterocycles. The molecule has 2 aliphatic rings. The van der Waals surface area contributed by atoms with Crippen LogP contribution >= 0.6 is 27.7 Å². The van der Waals surface area contributed by atoms with Crippen molar-refractivity contribution in [3.8, 4) is 0 Å². The van der Waals surface area contributed by atoms with E-state index in [4.69, 9.17) is 0 Å². The molecule has 1 aromatic rings. The number of aliphatic carboxylic acids is 1. The number of fused-ring (bicyclic) bond motifs is 1. The number of β-lactam (4-membered cyclic amide) rings is 1. The van der Waals surface area contributed by atoms with Gasteiger partial charge in [0, 0.05) is 11.1 Å². The average molecular weight is 411 g/mol. The number of amides is 2. The van der Waals surface area contributed by atoms with Crippen molar-refractivity contribution in [3.63, 3.8) is 0 Å². The number of carboxylic acid groups (broad SMARTS) is 1. The summed E-state index contributed by atoms with van der Waals surface area (Å²) in [4.78, 5) is 37.2. The van der Waals surface area contributed by atoms with Gasteiger partial charge >= 0.3 is 5.97 Å². The average Bonchev–Trinajstić information content (AvgIpc) is 2.58. The number of hydrogen-bond donors (Lipinski definition) is 2. The SMILES string of the molecule is O=C(Cc1ccccc1)N[C@H]1C(=O)N2C(C(=O)O)=C(CBr)CS[C@@H]12. The van der Waals surface area contributed by atoms with E-state index in [1.165, 1.54) is 16.7 Å². The lowest BCUT2D eigenvalue weighted by Gasteiger charge is -2.49. The van der Waals surface area contributed by atoms with Gasteiger partial charge in [-0.2, -0.15) is 0 Å². The fourth-order valence-electron chi connectivity index (χ4n) is 2.79. The van der Waals surface area contributed by atoms with E-state index in [9.17, 15) is 19.5 Å². The highest BCUT2D eigenvalue weighted by atomic mass is 79.9.